The maximum absolute atomic E-state index is 12.8. The summed E-state index contributed by atoms with van der Waals surface area (Å²) in [6.07, 6.45) is -1.84. The van der Waals surface area contributed by atoms with Gasteiger partial charge in [-0.05, 0) is 33.6 Å². The summed E-state index contributed by atoms with van der Waals surface area (Å²) in [7, 11) is 0. The van der Waals surface area contributed by atoms with Crippen molar-refractivity contribution in [2.75, 3.05) is 19.7 Å². The Morgan fingerprint density at radius 2 is 2.05 bits per heavy atom. The van der Waals surface area contributed by atoms with Crippen LogP contribution in [-0.2, 0) is 4.74 Å². The molecule has 1 unspecified atom stereocenters. The fraction of sp³-hybridized carbons (Fsp3) is 0.769. The second-order valence-electron chi connectivity index (χ2n) is 5.67. The molecule has 19 heavy (non-hydrogen) atoms. The summed E-state index contributed by atoms with van der Waals surface area (Å²) in [5, 5.41) is 9.14. The van der Waals surface area contributed by atoms with Crippen molar-refractivity contribution in [3.8, 4) is 0 Å². The van der Waals surface area contributed by atoms with Crippen LogP contribution < -0.4 is 0 Å². The van der Waals surface area contributed by atoms with Crippen LogP contribution >= 0.6 is 0 Å². The van der Waals surface area contributed by atoms with Crippen molar-refractivity contribution in [3.63, 3.8) is 0 Å². The zero-order chi connectivity index (χ0) is 14.6. The van der Waals surface area contributed by atoms with Crippen LogP contribution in [0.15, 0.2) is 11.7 Å². The first-order chi connectivity index (χ1) is 8.74. The number of carbonyl (C=O) groups excluding carboxylic acids is 1. The van der Waals surface area contributed by atoms with Crippen molar-refractivity contribution >= 4 is 6.09 Å². The van der Waals surface area contributed by atoms with Crippen molar-refractivity contribution < 1.29 is 23.4 Å². The van der Waals surface area contributed by atoms with E-state index in [1.54, 1.807) is 20.8 Å². The molecule has 1 saturated heterocycles. The molecule has 4 nitrogen and oxygen atoms in total. The Labute approximate surface area is 112 Å². The predicted octanol–water partition coefficient (Wildman–Crippen LogP) is 2.78. The molecule has 0 aromatic heterocycles. The number of halogens is 2. The van der Waals surface area contributed by atoms with Gasteiger partial charge in [0.05, 0.1) is 0 Å². The first kappa shape index (κ1) is 15.9. The van der Waals surface area contributed by atoms with Gasteiger partial charge in [-0.25, -0.2) is 4.79 Å². The second-order valence-corrected chi connectivity index (χ2v) is 5.67. The van der Waals surface area contributed by atoms with Gasteiger partial charge in [0.2, 0.25) is 0 Å². The van der Waals surface area contributed by atoms with Crippen LogP contribution in [0, 0.1) is 5.92 Å². The zero-order valence-electron chi connectivity index (χ0n) is 11.6. The minimum atomic E-state index is -1.75. The lowest BCUT2D eigenvalue weighted by molar-refractivity contribution is 0.0253. The zero-order valence-corrected chi connectivity index (χ0v) is 11.6. The Bertz CT molecular complexity index is 359. The Kier molecular flexibility index (Phi) is 5.29. The van der Waals surface area contributed by atoms with Gasteiger partial charge in [0, 0.05) is 31.2 Å². The number of amides is 1. The predicted molar refractivity (Wildman–Crippen MR) is 66.9 cm³/mol. The minimum absolute atomic E-state index is 0.0476. The highest BCUT2D eigenvalue weighted by Crippen LogP contribution is 2.28. The first-order valence-electron chi connectivity index (χ1n) is 6.37. The fourth-order valence-corrected chi connectivity index (χ4v) is 2.02. The summed E-state index contributed by atoms with van der Waals surface area (Å²) in [4.78, 5) is 13.3. The molecule has 0 aromatic rings. The molecule has 1 atom stereocenters. The third-order valence-corrected chi connectivity index (χ3v) is 3.01. The standard InChI is InChI=1S/C13H21F2NO3/c1-13(2,3)19-12(18)16-6-4-9(8-17)10(5-7-16)11(14)15/h9,17H,4-8H2,1-3H3. The number of aliphatic hydroxyl groups is 1. The maximum atomic E-state index is 12.8. The number of rotatable bonds is 1. The largest absolute Gasteiger partial charge is 0.444 e. The van der Waals surface area contributed by atoms with Gasteiger partial charge >= 0.3 is 6.09 Å². The minimum Gasteiger partial charge on any atom is -0.444 e. The molecule has 0 aliphatic carbocycles. The Balaban J connectivity index is 2.73. The van der Waals surface area contributed by atoms with Crippen LogP contribution in [0.3, 0.4) is 0 Å². The Morgan fingerprint density at radius 1 is 1.42 bits per heavy atom. The van der Waals surface area contributed by atoms with Crippen molar-refractivity contribution in [2.24, 2.45) is 5.92 Å². The highest BCUT2D eigenvalue weighted by molar-refractivity contribution is 5.68. The van der Waals surface area contributed by atoms with Gasteiger partial charge in [-0.1, -0.05) is 0 Å². The van der Waals surface area contributed by atoms with E-state index in [4.69, 9.17) is 9.84 Å². The number of hydrogen-bond acceptors (Lipinski definition) is 3. The molecule has 0 radical (unpaired) electrons. The molecule has 1 rings (SSSR count). The van der Waals surface area contributed by atoms with E-state index in [9.17, 15) is 13.6 Å². The summed E-state index contributed by atoms with van der Waals surface area (Å²) in [6.45, 7) is 5.45. The molecule has 1 fully saturated rings. The highest BCUT2D eigenvalue weighted by atomic mass is 19.3. The lowest BCUT2D eigenvalue weighted by atomic mass is 9.96. The average Bonchev–Trinajstić information content (AvgIpc) is 2.48. The number of aliphatic hydroxyl groups excluding tert-OH is 1. The summed E-state index contributed by atoms with van der Waals surface area (Å²) in [6, 6.07) is 0. The molecule has 0 aromatic carbocycles. The van der Waals surface area contributed by atoms with Crippen molar-refractivity contribution in [2.45, 2.75) is 39.2 Å². The van der Waals surface area contributed by atoms with E-state index >= 15 is 0 Å². The van der Waals surface area contributed by atoms with Crippen molar-refractivity contribution in [1.82, 2.24) is 4.90 Å². The van der Waals surface area contributed by atoms with Gasteiger partial charge in [-0.2, -0.15) is 8.78 Å². The first-order valence-corrected chi connectivity index (χ1v) is 6.37. The molecule has 0 bridgehead atoms. The van der Waals surface area contributed by atoms with E-state index in [1.165, 1.54) is 4.90 Å². The lowest BCUT2D eigenvalue weighted by Gasteiger charge is -2.26. The number of nitrogens with zero attached hydrogens (tertiary/aromatic N) is 1. The average molecular weight is 277 g/mol. The van der Waals surface area contributed by atoms with Gasteiger partial charge in [0.1, 0.15) is 5.60 Å². The third kappa shape index (κ3) is 4.78. The van der Waals surface area contributed by atoms with E-state index in [0.29, 0.717) is 13.0 Å². The van der Waals surface area contributed by atoms with Crippen LogP contribution in [-0.4, -0.2) is 41.4 Å². The number of hydrogen-bond donors (Lipinski definition) is 1. The molecule has 0 saturated carbocycles. The third-order valence-electron chi connectivity index (χ3n) is 3.01. The Morgan fingerprint density at radius 3 is 2.53 bits per heavy atom. The molecule has 6 heteroatoms. The molecular formula is C13H21F2NO3. The van der Waals surface area contributed by atoms with E-state index in [-0.39, 0.29) is 25.1 Å². The smallest absolute Gasteiger partial charge is 0.410 e. The quantitative estimate of drug-likeness (QED) is 0.801. The van der Waals surface area contributed by atoms with Gasteiger partial charge in [0.25, 0.3) is 6.08 Å². The molecule has 0 spiro atoms. The molecule has 1 amide bonds. The van der Waals surface area contributed by atoms with E-state index < -0.39 is 23.7 Å². The fourth-order valence-electron chi connectivity index (χ4n) is 2.02. The maximum Gasteiger partial charge on any atom is 0.410 e. The molecule has 1 N–H and O–H groups in total. The van der Waals surface area contributed by atoms with E-state index in [2.05, 4.69) is 0 Å². The monoisotopic (exact) mass is 277 g/mol. The summed E-state index contributed by atoms with van der Waals surface area (Å²) < 4.78 is 30.8. The topological polar surface area (TPSA) is 49.8 Å². The Hall–Kier alpha value is -1.17. The summed E-state index contributed by atoms with van der Waals surface area (Å²) in [5.41, 5.74) is -0.655. The summed E-state index contributed by atoms with van der Waals surface area (Å²) in [5.74, 6) is -0.572. The molecule has 1 aliphatic rings. The normalized spacial score (nSPS) is 21.1. The van der Waals surface area contributed by atoms with Crippen LogP contribution in [0.2, 0.25) is 0 Å². The lowest BCUT2D eigenvalue weighted by Crippen LogP contribution is -2.37. The molecule has 110 valence electrons. The van der Waals surface area contributed by atoms with Crippen molar-refractivity contribution in [3.05, 3.63) is 11.7 Å². The molecule has 1 heterocycles. The van der Waals surface area contributed by atoms with Crippen molar-refractivity contribution in [1.29, 1.82) is 0 Å². The second kappa shape index (κ2) is 6.32. The van der Waals surface area contributed by atoms with E-state index in [0.717, 1.165) is 0 Å². The number of likely N-dealkylation sites (tertiary alicyclic amines) is 1. The highest BCUT2D eigenvalue weighted by Gasteiger charge is 2.28. The van der Waals surface area contributed by atoms with Crippen LogP contribution in [0.5, 0.6) is 0 Å². The van der Waals surface area contributed by atoms with Crippen LogP contribution in [0.25, 0.3) is 0 Å². The SMILES string of the molecule is CC(C)(C)OC(=O)N1CCC(=C(F)F)C(CO)CC1. The van der Waals surface area contributed by atoms with Crippen LogP contribution in [0.4, 0.5) is 13.6 Å². The van der Waals surface area contributed by atoms with Gasteiger partial charge in [-0.15, -0.1) is 0 Å². The molecule has 1 aliphatic heterocycles. The number of ether oxygens (including phenoxy) is 1. The molecular weight excluding hydrogens is 256 g/mol. The summed E-state index contributed by atoms with van der Waals surface area (Å²) >= 11 is 0. The van der Waals surface area contributed by atoms with Gasteiger partial charge in [0.15, 0.2) is 0 Å². The van der Waals surface area contributed by atoms with Crippen LogP contribution in [0.1, 0.15) is 33.6 Å². The van der Waals surface area contributed by atoms with E-state index in [1.807, 2.05) is 0 Å². The number of carbonyl (C=O) groups is 1. The van der Waals surface area contributed by atoms with Gasteiger partial charge in [-0.3, -0.25) is 0 Å². The van der Waals surface area contributed by atoms with Gasteiger partial charge < -0.3 is 14.7 Å².